The summed E-state index contributed by atoms with van der Waals surface area (Å²) < 4.78 is 0. The molecule has 0 aliphatic carbocycles. The molecule has 1 aliphatic heterocycles. The molecule has 0 bridgehead atoms. The highest BCUT2D eigenvalue weighted by molar-refractivity contribution is 5.11. The normalized spacial score (nSPS) is 36.2. The summed E-state index contributed by atoms with van der Waals surface area (Å²) in [6.45, 7) is 6.28. The van der Waals surface area contributed by atoms with Gasteiger partial charge >= 0.3 is 0 Å². The van der Waals surface area contributed by atoms with E-state index in [4.69, 9.17) is 5.26 Å². The molecule has 13 heavy (non-hydrogen) atoms. The molecule has 2 unspecified atom stereocenters. The number of aliphatic hydroxyl groups is 1. The van der Waals surface area contributed by atoms with Crippen LogP contribution < -0.4 is 0 Å². The summed E-state index contributed by atoms with van der Waals surface area (Å²) in [5, 5.41) is 19.3. The van der Waals surface area contributed by atoms with Crippen LogP contribution in [-0.4, -0.2) is 35.2 Å². The Balaban J connectivity index is 2.88. The number of likely N-dealkylation sites (tertiary alicyclic amines) is 1. The zero-order chi connectivity index (χ0) is 10.3. The molecule has 0 aromatic heterocycles. The molecule has 0 radical (unpaired) electrons. The minimum atomic E-state index is -0.851. The molecule has 2 atom stereocenters. The second-order valence-corrected chi connectivity index (χ2v) is 4.74. The van der Waals surface area contributed by atoms with E-state index in [-0.39, 0.29) is 0 Å². The lowest BCUT2D eigenvalue weighted by molar-refractivity contribution is -0.0273. The van der Waals surface area contributed by atoms with E-state index in [0.29, 0.717) is 19.0 Å². The van der Waals surface area contributed by atoms with E-state index in [1.807, 2.05) is 7.05 Å². The van der Waals surface area contributed by atoms with Crippen LogP contribution in [0.15, 0.2) is 0 Å². The zero-order valence-corrected chi connectivity index (χ0v) is 8.83. The maximum Gasteiger partial charge on any atom is 0.0968 e. The van der Waals surface area contributed by atoms with Crippen LogP contribution in [0.5, 0.6) is 0 Å². The highest BCUT2D eigenvalue weighted by Crippen LogP contribution is 2.39. The SMILES string of the molecule is CC1CC(O)(C(C)(C)C#N)CN1C. The van der Waals surface area contributed by atoms with Crippen LogP contribution in [0, 0.1) is 16.7 Å². The summed E-state index contributed by atoms with van der Waals surface area (Å²) in [6.07, 6.45) is 0.685. The number of nitriles is 1. The molecular formula is C10H18N2O. The van der Waals surface area contributed by atoms with E-state index in [1.54, 1.807) is 13.8 Å². The van der Waals surface area contributed by atoms with Gasteiger partial charge in [0.25, 0.3) is 0 Å². The van der Waals surface area contributed by atoms with Gasteiger partial charge in [0.1, 0.15) is 0 Å². The molecular weight excluding hydrogens is 164 g/mol. The number of β-amino-alcohol motifs (C(OH)–C–C–N with tert-alkyl or cyclic N) is 1. The Bertz CT molecular complexity index is 232. The number of rotatable bonds is 1. The Labute approximate surface area is 80.0 Å². The van der Waals surface area contributed by atoms with E-state index in [9.17, 15) is 5.11 Å². The molecule has 1 fully saturated rings. The first-order chi connectivity index (χ1) is 5.82. The van der Waals surface area contributed by atoms with Crippen LogP contribution in [0.3, 0.4) is 0 Å². The number of likely N-dealkylation sites (N-methyl/N-ethyl adjacent to an activating group) is 1. The molecule has 1 heterocycles. The predicted molar refractivity (Wildman–Crippen MR) is 51.1 cm³/mol. The minimum Gasteiger partial charge on any atom is -0.387 e. The first-order valence-corrected chi connectivity index (χ1v) is 4.66. The summed E-state index contributed by atoms with van der Waals surface area (Å²) in [5.74, 6) is 0. The van der Waals surface area contributed by atoms with Crippen LogP contribution in [0.2, 0.25) is 0 Å². The van der Waals surface area contributed by atoms with Crippen LogP contribution in [0.1, 0.15) is 27.2 Å². The Morgan fingerprint density at radius 3 is 2.46 bits per heavy atom. The Hall–Kier alpha value is -0.590. The minimum absolute atomic E-state index is 0.359. The summed E-state index contributed by atoms with van der Waals surface area (Å²) in [5.41, 5.74) is -1.51. The smallest absolute Gasteiger partial charge is 0.0968 e. The second kappa shape index (κ2) is 2.97. The third-order valence-electron chi connectivity index (χ3n) is 3.34. The number of nitrogens with zero attached hydrogens (tertiary/aromatic N) is 2. The summed E-state index contributed by atoms with van der Waals surface area (Å²) in [6, 6.07) is 2.55. The standard InChI is InChI=1S/C10H18N2O/c1-8-5-10(13,7-12(8)4)9(2,3)6-11/h8,13H,5,7H2,1-4H3. The van der Waals surface area contributed by atoms with Gasteiger partial charge in [0.05, 0.1) is 17.1 Å². The fraction of sp³-hybridized carbons (Fsp3) is 0.900. The molecule has 0 spiro atoms. The van der Waals surface area contributed by atoms with Crippen molar-refractivity contribution in [3.05, 3.63) is 0 Å². The van der Waals surface area contributed by atoms with Crippen molar-refractivity contribution < 1.29 is 5.11 Å². The van der Waals surface area contributed by atoms with E-state index in [2.05, 4.69) is 17.9 Å². The average Bonchev–Trinajstić information content (AvgIpc) is 2.28. The topological polar surface area (TPSA) is 47.3 Å². The van der Waals surface area contributed by atoms with Gasteiger partial charge in [-0.1, -0.05) is 0 Å². The van der Waals surface area contributed by atoms with Crippen molar-refractivity contribution in [2.75, 3.05) is 13.6 Å². The van der Waals surface area contributed by atoms with Gasteiger partial charge in [0, 0.05) is 12.6 Å². The summed E-state index contributed by atoms with van der Waals surface area (Å²) in [7, 11) is 1.98. The van der Waals surface area contributed by atoms with Gasteiger partial charge in [-0.3, -0.25) is 0 Å². The van der Waals surface area contributed by atoms with E-state index < -0.39 is 11.0 Å². The lowest BCUT2D eigenvalue weighted by Gasteiger charge is -2.33. The van der Waals surface area contributed by atoms with Gasteiger partial charge in [0.15, 0.2) is 0 Å². The highest BCUT2D eigenvalue weighted by atomic mass is 16.3. The van der Waals surface area contributed by atoms with Gasteiger partial charge in [-0.05, 0) is 34.2 Å². The van der Waals surface area contributed by atoms with Gasteiger partial charge in [-0.2, -0.15) is 5.26 Å². The van der Waals surface area contributed by atoms with Crippen LogP contribution in [0.4, 0.5) is 0 Å². The second-order valence-electron chi connectivity index (χ2n) is 4.74. The van der Waals surface area contributed by atoms with Crippen LogP contribution >= 0.6 is 0 Å². The quantitative estimate of drug-likeness (QED) is 0.658. The maximum atomic E-state index is 10.3. The molecule has 1 rings (SSSR count). The van der Waals surface area contributed by atoms with Crippen molar-refractivity contribution in [2.45, 2.75) is 38.8 Å². The molecule has 3 heteroatoms. The monoisotopic (exact) mass is 182 g/mol. The first kappa shape index (κ1) is 10.5. The van der Waals surface area contributed by atoms with Crippen LogP contribution in [-0.2, 0) is 0 Å². The molecule has 1 aliphatic rings. The van der Waals surface area contributed by atoms with E-state index in [1.165, 1.54) is 0 Å². The first-order valence-electron chi connectivity index (χ1n) is 4.66. The number of hydrogen-bond acceptors (Lipinski definition) is 3. The van der Waals surface area contributed by atoms with Crippen LogP contribution in [0.25, 0.3) is 0 Å². The van der Waals surface area contributed by atoms with E-state index in [0.717, 1.165) is 0 Å². The van der Waals surface area contributed by atoms with Crippen molar-refractivity contribution in [1.29, 1.82) is 5.26 Å². The lowest BCUT2D eigenvalue weighted by atomic mass is 9.75. The van der Waals surface area contributed by atoms with Crippen molar-refractivity contribution in [3.8, 4) is 6.07 Å². The zero-order valence-electron chi connectivity index (χ0n) is 8.83. The molecule has 0 saturated carbocycles. The molecule has 0 aromatic carbocycles. The Kier molecular flexibility index (Phi) is 2.40. The van der Waals surface area contributed by atoms with Crippen molar-refractivity contribution in [1.82, 2.24) is 4.90 Å². The van der Waals surface area contributed by atoms with Crippen molar-refractivity contribution >= 4 is 0 Å². The summed E-state index contributed by atoms with van der Waals surface area (Å²) in [4.78, 5) is 2.10. The Morgan fingerprint density at radius 1 is 1.62 bits per heavy atom. The van der Waals surface area contributed by atoms with Gasteiger partial charge in [-0.15, -0.1) is 0 Å². The largest absolute Gasteiger partial charge is 0.387 e. The molecule has 0 amide bonds. The van der Waals surface area contributed by atoms with Crippen molar-refractivity contribution in [2.24, 2.45) is 5.41 Å². The fourth-order valence-electron chi connectivity index (χ4n) is 1.83. The molecule has 74 valence electrons. The van der Waals surface area contributed by atoms with E-state index >= 15 is 0 Å². The third-order valence-corrected chi connectivity index (χ3v) is 3.34. The summed E-state index contributed by atoms with van der Waals surface area (Å²) >= 11 is 0. The van der Waals surface area contributed by atoms with Gasteiger partial charge < -0.3 is 10.0 Å². The molecule has 0 aromatic rings. The molecule has 1 saturated heterocycles. The lowest BCUT2D eigenvalue weighted by Crippen LogP contribution is -2.45. The molecule has 1 N–H and O–H groups in total. The fourth-order valence-corrected chi connectivity index (χ4v) is 1.83. The van der Waals surface area contributed by atoms with Gasteiger partial charge in [-0.25, -0.2) is 0 Å². The van der Waals surface area contributed by atoms with Crippen molar-refractivity contribution in [3.63, 3.8) is 0 Å². The Morgan fingerprint density at radius 2 is 2.15 bits per heavy atom. The third kappa shape index (κ3) is 1.56. The number of hydrogen-bond donors (Lipinski definition) is 1. The van der Waals surface area contributed by atoms with Gasteiger partial charge in [0.2, 0.25) is 0 Å². The average molecular weight is 182 g/mol. The predicted octanol–water partition coefficient (Wildman–Crippen LogP) is 0.991. The molecule has 3 nitrogen and oxygen atoms in total. The maximum absolute atomic E-state index is 10.3. The highest BCUT2D eigenvalue weighted by Gasteiger charge is 2.50.